The molecule has 6 nitrogen and oxygen atoms in total. The molecule has 0 N–H and O–H groups in total. The lowest BCUT2D eigenvalue weighted by molar-refractivity contribution is -0.132. The lowest BCUT2D eigenvalue weighted by Crippen LogP contribution is -2.40. The zero-order valence-corrected chi connectivity index (χ0v) is 17.3. The van der Waals surface area contributed by atoms with E-state index in [0.29, 0.717) is 39.3 Å². The van der Waals surface area contributed by atoms with Crippen molar-refractivity contribution in [3.05, 3.63) is 0 Å². The van der Waals surface area contributed by atoms with Gasteiger partial charge in [-0.15, -0.1) is 0 Å². The third kappa shape index (κ3) is 11.9. The number of carbonyl (C=O) groups excluding carboxylic acids is 3. The number of hydrogen-bond donors (Lipinski definition) is 0. The fourth-order valence-electron chi connectivity index (χ4n) is 2.00. The van der Waals surface area contributed by atoms with Gasteiger partial charge in [0.2, 0.25) is 17.7 Å². The first kappa shape index (κ1) is 27.3. The number of amides is 3. The molecule has 1 aliphatic rings. The molecule has 1 heterocycles. The molecule has 0 bridgehead atoms. The Balaban J connectivity index is -0.000000659. The molecule has 0 spiro atoms. The summed E-state index contributed by atoms with van der Waals surface area (Å²) >= 11 is 0. The maximum absolute atomic E-state index is 11.4. The lowest BCUT2D eigenvalue weighted by atomic mass is 10.4. The van der Waals surface area contributed by atoms with Crippen molar-refractivity contribution in [2.24, 2.45) is 0 Å². The fraction of sp³-hybridized carbons (Fsp3) is 0.833. The molecular weight excluding hydrogens is 306 g/mol. The van der Waals surface area contributed by atoms with Crippen LogP contribution >= 0.6 is 0 Å². The lowest BCUT2D eigenvalue weighted by Gasteiger charge is -2.24. The van der Waals surface area contributed by atoms with Gasteiger partial charge in [0.25, 0.3) is 0 Å². The quantitative estimate of drug-likeness (QED) is 0.678. The van der Waals surface area contributed by atoms with Gasteiger partial charge >= 0.3 is 0 Å². The highest BCUT2D eigenvalue weighted by atomic mass is 16.2. The first-order valence-electron chi connectivity index (χ1n) is 9.18. The molecule has 0 aromatic heterocycles. The Bertz CT molecular complexity index is 282. The number of hydrogen-bond acceptors (Lipinski definition) is 3. The van der Waals surface area contributed by atoms with Crippen LogP contribution in [0.2, 0.25) is 0 Å². The third-order valence-electron chi connectivity index (χ3n) is 3.26. The topological polar surface area (TPSA) is 60.9 Å². The van der Waals surface area contributed by atoms with Crippen LogP contribution in [0, 0.1) is 0 Å². The smallest absolute Gasteiger partial charge is 0.219 e. The zero-order chi connectivity index (χ0) is 19.7. The van der Waals surface area contributed by atoms with Gasteiger partial charge in [0.05, 0.1) is 0 Å². The standard InChI is InChI=1S/C12H21N3O3.3C2H6/c1-10(16)13-4-6-14(11(2)17)8-9-15(7-5-13)12(3)18;3*1-2/h4-9H2,1-3H3;3*1-2H3. The van der Waals surface area contributed by atoms with E-state index in [1.807, 2.05) is 41.5 Å². The number of nitrogens with zero attached hydrogens (tertiary/aromatic N) is 3. The van der Waals surface area contributed by atoms with Crippen molar-refractivity contribution < 1.29 is 14.4 Å². The van der Waals surface area contributed by atoms with Crippen molar-refractivity contribution >= 4 is 17.7 Å². The summed E-state index contributed by atoms with van der Waals surface area (Å²) < 4.78 is 0. The van der Waals surface area contributed by atoms with E-state index in [4.69, 9.17) is 0 Å². The molecule has 0 aromatic carbocycles. The van der Waals surface area contributed by atoms with Crippen LogP contribution < -0.4 is 0 Å². The Morgan fingerprint density at radius 1 is 0.458 bits per heavy atom. The molecule has 6 heteroatoms. The average Bonchev–Trinajstić information content (AvgIpc) is 2.70. The van der Waals surface area contributed by atoms with Crippen molar-refractivity contribution in [1.29, 1.82) is 0 Å². The van der Waals surface area contributed by atoms with Gasteiger partial charge < -0.3 is 14.7 Å². The average molecular weight is 346 g/mol. The van der Waals surface area contributed by atoms with E-state index in [1.165, 1.54) is 20.8 Å². The second-order valence-electron chi connectivity index (χ2n) is 4.52. The molecule has 0 atom stereocenters. The zero-order valence-electron chi connectivity index (χ0n) is 17.3. The predicted molar refractivity (Wildman–Crippen MR) is 101 cm³/mol. The molecule has 0 radical (unpaired) electrons. The molecule has 0 saturated carbocycles. The second kappa shape index (κ2) is 17.8. The molecule has 1 saturated heterocycles. The summed E-state index contributed by atoms with van der Waals surface area (Å²) in [6.07, 6.45) is 0. The van der Waals surface area contributed by atoms with E-state index < -0.39 is 0 Å². The highest BCUT2D eigenvalue weighted by Crippen LogP contribution is 2.01. The van der Waals surface area contributed by atoms with Gasteiger partial charge in [-0.1, -0.05) is 41.5 Å². The Kier molecular flexibility index (Phi) is 20.2. The minimum Gasteiger partial charge on any atom is -0.339 e. The molecule has 0 aliphatic carbocycles. The predicted octanol–water partition coefficient (Wildman–Crippen LogP) is 2.62. The van der Waals surface area contributed by atoms with Gasteiger partial charge in [-0.3, -0.25) is 14.4 Å². The van der Waals surface area contributed by atoms with Gasteiger partial charge in [0, 0.05) is 60.0 Å². The monoisotopic (exact) mass is 345 g/mol. The Labute approximate surface area is 149 Å². The summed E-state index contributed by atoms with van der Waals surface area (Å²) in [5.74, 6) is -0.0725. The van der Waals surface area contributed by atoms with Gasteiger partial charge in [-0.25, -0.2) is 0 Å². The molecule has 1 rings (SSSR count). The SMILES string of the molecule is CC.CC.CC.CC(=O)N1CCN(C(C)=O)CCN(C(C)=O)CC1. The third-order valence-corrected chi connectivity index (χ3v) is 3.26. The minimum absolute atomic E-state index is 0.0242. The normalized spacial score (nSPS) is 14.1. The van der Waals surface area contributed by atoms with Crippen molar-refractivity contribution in [3.8, 4) is 0 Å². The van der Waals surface area contributed by atoms with Crippen LogP contribution in [0.25, 0.3) is 0 Å². The molecule has 3 amide bonds. The molecule has 0 unspecified atom stereocenters. The second-order valence-corrected chi connectivity index (χ2v) is 4.52. The maximum Gasteiger partial charge on any atom is 0.219 e. The van der Waals surface area contributed by atoms with Crippen LogP contribution in [0.3, 0.4) is 0 Å². The largest absolute Gasteiger partial charge is 0.339 e. The van der Waals surface area contributed by atoms with Crippen molar-refractivity contribution in [1.82, 2.24) is 14.7 Å². The Morgan fingerprint density at radius 3 is 0.667 bits per heavy atom. The fourth-order valence-corrected chi connectivity index (χ4v) is 2.00. The number of carbonyl (C=O) groups is 3. The molecular formula is C18H39N3O3. The summed E-state index contributed by atoms with van der Waals surface area (Å²) in [5, 5.41) is 0. The van der Waals surface area contributed by atoms with Gasteiger partial charge in [-0.05, 0) is 0 Å². The van der Waals surface area contributed by atoms with E-state index in [-0.39, 0.29) is 17.7 Å². The van der Waals surface area contributed by atoms with Crippen molar-refractivity contribution in [2.75, 3.05) is 39.3 Å². The highest BCUT2D eigenvalue weighted by molar-refractivity contribution is 5.75. The Morgan fingerprint density at radius 2 is 0.583 bits per heavy atom. The molecule has 24 heavy (non-hydrogen) atoms. The first-order chi connectivity index (χ1) is 11.4. The van der Waals surface area contributed by atoms with Crippen LogP contribution in [0.4, 0.5) is 0 Å². The van der Waals surface area contributed by atoms with E-state index in [1.54, 1.807) is 14.7 Å². The van der Waals surface area contributed by atoms with Crippen LogP contribution in [0.15, 0.2) is 0 Å². The molecule has 0 aromatic rings. The Hall–Kier alpha value is -1.59. The van der Waals surface area contributed by atoms with Crippen molar-refractivity contribution in [2.45, 2.75) is 62.3 Å². The summed E-state index contributed by atoms with van der Waals surface area (Å²) in [6.45, 7) is 19.7. The van der Waals surface area contributed by atoms with Crippen LogP contribution in [0.1, 0.15) is 62.3 Å². The summed E-state index contributed by atoms with van der Waals surface area (Å²) in [4.78, 5) is 39.4. The molecule has 1 fully saturated rings. The van der Waals surface area contributed by atoms with E-state index in [9.17, 15) is 14.4 Å². The van der Waals surface area contributed by atoms with Gasteiger partial charge in [-0.2, -0.15) is 0 Å². The van der Waals surface area contributed by atoms with Crippen LogP contribution in [0.5, 0.6) is 0 Å². The molecule has 144 valence electrons. The summed E-state index contributed by atoms with van der Waals surface area (Å²) in [7, 11) is 0. The van der Waals surface area contributed by atoms with E-state index in [2.05, 4.69) is 0 Å². The minimum atomic E-state index is -0.0242. The summed E-state index contributed by atoms with van der Waals surface area (Å²) in [6, 6.07) is 0. The van der Waals surface area contributed by atoms with E-state index in [0.717, 1.165) is 0 Å². The summed E-state index contributed by atoms with van der Waals surface area (Å²) in [5.41, 5.74) is 0. The highest BCUT2D eigenvalue weighted by Gasteiger charge is 2.19. The van der Waals surface area contributed by atoms with Crippen molar-refractivity contribution in [3.63, 3.8) is 0 Å². The van der Waals surface area contributed by atoms with Crippen LogP contribution in [-0.4, -0.2) is 71.7 Å². The maximum atomic E-state index is 11.4. The number of rotatable bonds is 0. The van der Waals surface area contributed by atoms with Gasteiger partial charge in [0.1, 0.15) is 0 Å². The van der Waals surface area contributed by atoms with Crippen LogP contribution in [-0.2, 0) is 14.4 Å². The van der Waals surface area contributed by atoms with Gasteiger partial charge in [0.15, 0.2) is 0 Å². The van der Waals surface area contributed by atoms with E-state index >= 15 is 0 Å². The first-order valence-corrected chi connectivity index (χ1v) is 9.18. The molecule has 1 aliphatic heterocycles.